The van der Waals surface area contributed by atoms with Gasteiger partial charge in [-0.3, -0.25) is 0 Å². The smallest absolute Gasteiger partial charge is 0.123 e. The van der Waals surface area contributed by atoms with Crippen LogP contribution in [0.4, 0.5) is 0 Å². The van der Waals surface area contributed by atoms with Crippen molar-refractivity contribution in [3.8, 4) is 5.75 Å². The van der Waals surface area contributed by atoms with Crippen molar-refractivity contribution < 1.29 is 9.47 Å². The maximum Gasteiger partial charge on any atom is 0.123 e. The van der Waals surface area contributed by atoms with Crippen LogP contribution >= 0.6 is 0 Å². The Morgan fingerprint density at radius 2 is 2.20 bits per heavy atom. The average Bonchev–Trinajstić information content (AvgIpc) is 2.47. The summed E-state index contributed by atoms with van der Waals surface area (Å²) in [5.74, 6) is 0.956. The van der Waals surface area contributed by atoms with Gasteiger partial charge in [-0.05, 0) is 39.2 Å². The highest BCUT2D eigenvalue weighted by molar-refractivity contribution is 5.35. The SMILES string of the molecule is CCC1(C)CC(NC(C)c2ccccc2OC)CCO1. The third-order valence-electron chi connectivity index (χ3n) is 4.43. The molecule has 3 unspecified atom stereocenters. The molecule has 1 heterocycles. The van der Waals surface area contributed by atoms with E-state index in [1.54, 1.807) is 7.11 Å². The number of benzene rings is 1. The summed E-state index contributed by atoms with van der Waals surface area (Å²) < 4.78 is 11.4. The summed E-state index contributed by atoms with van der Waals surface area (Å²) >= 11 is 0. The molecule has 0 aromatic heterocycles. The highest BCUT2D eigenvalue weighted by Crippen LogP contribution is 2.30. The minimum atomic E-state index is 0.0242. The molecule has 2 rings (SSSR count). The van der Waals surface area contributed by atoms with Gasteiger partial charge in [-0.1, -0.05) is 25.1 Å². The molecular formula is C17H27NO2. The predicted octanol–water partition coefficient (Wildman–Crippen LogP) is 3.69. The molecule has 3 nitrogen and oxygen atoms in total. The molecule has 3 heteroatoms. The zero-order valence-electron chi connectivity index (χ0n) is 13.1. The van der Waals surface area contributed by atoms with Gasteiger partial charge in [0.25, 0.3) is 0 Å². The summed E-state index contributed by atoms with van der Waals surface area (Å²) in [6.07, 6.45) is 3.21. The Morgan fingerprint density at radius 3 is 2.90 bits per heavy atom. The van der Waals surface area contributed by atoms with Crippen molar-refractivity contribution in [2.24, 2.45) is 0 Å². The summed E-state index contributed by atoms with van der Waals surface area (Å²) in [7, 11) is 1.73. The third kappa shape index (κ3) is 3.53. The first-order valence-corrected chi connectivity index (χ1v) is 7.61. The number of hydrogen-bond acceptors (Lipinski definition) is 3. The van der Waals surface area contributed by atoms with Crippen molar-refractivity contribution in [2.75, 3.05) is 13.7 Å². The van der Waals surface area contributed by atoms with E-state index in [1.165, 1.54) is 5.56 Å². The maximum absolute atomic E-state index is 5.91. The minimum Gasteiger partial charge on any atom is -0.496 e. The lowest BCUT2D eigenvalue weighted by Gasteiger charge is -2.39. The Labute approximate surface area is 122 Å². The van der Waals surface area contributed by atoms with E-state index in [0.717, 1.165) is 31.6 Å². The fourth-order valence-electron chi connectivity index (χ4n) is 2.99. The normalized spacial score (nSPS) is 28.1. The van der Waals surface area contributed by atoms with E-state index >= 15 is 0 Å². The summed E-state index contributed by atoms with van der Waals surface area (Å²) in [5.41, 5.74) is 1.25. The van der Waals surface area contributed by atoms with Gasteiger partial charge in [0, 0.05) is 24.3 Å². The molecular weight excluding hydrogens is 250 g/mol. The van der Waals surface area contributed by atoms with Crippen LogP contribution < -0.4 is 10.1 Å². The van der Waals surface area contributed by atoms with Crippen LogP contribution in [0, 0.1) is 0 Å². The summed E-state index contributed by atoms with van der Waals surface area (Å²) in [6.45, 7) is 7.47. The van der Waals surface area contributed by atoms with Gasteiger partial charge in [0.2, 0.25) is 0 Å². The molecule has 1 aliphatic heterocycles. The predicted molar refractivity (Wildman–Crippen MR) is 82.2 cm³/mol. The molecule has 1 aliphatic rings. The van der Waals surface area contributed by atoms with E-state index in [1.807, 2.05) is 12.1 Å². The van der Waals surface area contributed by atoms with Crippen molar-refractivity contribution in [3.05, 3.63) is 29.8 Å². The van der Waals surface area contributed by atoms with Crippen molar-refractivity contribution in [1.82, 2.24) is 5.32 Å². The second-order valence-electron chi connectivity index (χ2n) is 5.97. The molecule has 112 valence electrons. The van der Waals surface area contributed by atoms with Crippen LogP contribution in [-0.2, 0) is 4.74 Å². The van der Waals surface area contributed by atoms with Gasteiger partial charge in [0.1, 0.15) is 5.75 Å². The van der Waals surface area contributed by atoms with E-state index < -0.39 is 0 Å². The zero-order chi connectivity index (χ0) is 14.6. The molecule has 20 heavy (non-hydrogen) atoms. The standard InChI is InChI=1S/C17H27NO2/c1-5-17(3)12-14(10-11-20-17)18-13(2)15-8-6-7-9-16(15)19-4/h6-9,13-14,18H,5,10-12H2,1-4H3. The van der Waals surface area contributed by atoms with E-state index in [4.69, 9.17) is 9.47 Å². The number of ether oxygens (including phenoxy) is 2. The topological polar surface area (TPSA) is 30.5 Å². The number of nitrogens with one attached hydrogen (secondary N) is 1. The lowest BCUT2D eigenvalue weighted by molar-refractivity contribution is -0.0789. The third-order valence-corrected chi connectivity index (χ3v) is 4.43. The van der Waals surface area contributed by atoms with Gasteiger partial charge in [0.05, 0.1) is 12.7 Å². The second-order valence-corrected chi connectivity index (χ2v) is 5.97. The Balaban J connectivity index is 2.02. The van der Waals surface area contributed by atoms with Gasteiger partial charge in [-0.25, -0.2) is 0 Å². The Bertz CT molecular complexity index is 435. The number of rotatable bonds is 5. The van der Waals surface area contributed by atoms with Crippen LogP contribution in [0.3, 0.4) is 0 Å². The molecule has 0 amide bonds. The highest BCUT2D eigenvalue weighted by Gasteiger charge is 2.32. The molecule has 0 radical (unpaired) electrons. The fraction of sp³-hybridized carbons (Fsp3) is 0.647. The summed E-state index contributed by atoms with van der Waals surface area (Å²) in [5, 5.41) is 3.74. The molecule has 1 N–H and O–H groups in total. The second kappa shape index (κ2) is 6.59. The first kappa shape index (κ1) is 15.3. The zero-order valence-corrected chi connectivity index (χ0v) is 13.1. The molecule has 1 aromatic carbocycles. The lowest BCUT2D eigenvalue weighted by atomic mass is 9.89. The molecule has 1 aromatic rings. The average molecular weight is 277 g/mol. The molecule has 1 saturated heterocycles. The molecule has 0 spiro atoms. The van der Waals surface area contributed by atoms with E-state index in [2.05, 4.69) is 38.2 Å². The van der Waals surface area contributed by atoms with Crippen LogP contribution in [0.15, 0.2) is 24.3 Å². The molecule has 3 atom stereocenters. The van der Waals surface area contributed by atoms with E-state index in [0.29, 0.717) is 6.04 Å². The summed E-state index contributed by atoms with van der Waals surface area (Å²) in [6, 6.07) is 9.03. The molecule has 0 saturated carbocycles. The number of hydrogen-bond donors (Lipinski definition) is 1. The first-order valence-electron chi connectivity index (χ1n) is 7.61. The van der Waals surface area contributed by atoms with Crippen molar-refractivity contribution in [1.29, 1.82) is 0 Å². The van der Waals surface area contributed by atoms with Crippen molar-refractivity contribution >= 4 is 0 Å². The highest BCUT2D eigenvalue weighted by atomic mass is 16.5. The van der Waals surface area contributed by atoms with Crippen LogP contribution in [-0.4, -0.2) is 25.4 Å². The van der Waals surface area contributed by atoms with Gasteiger partial charge < -0.3 is 14.8 Å². The van der Waals surface area contributed by atoms with Gasteiger partial charge >= 0.3 is 0 Å². The van der Waals surface area contributed by atoms with E-state index in [9.17, 15) is 0 Å². The quantitative estimate of drug-likeness (QED) is 0.890. The van der Waals surface area contributed by atoms with Gasteiger partial charge in [0.15, 0.2) is 0 Å². The Morgan fingerprint density at radius 1 is 1.45 bits per heavy atom. The molecule has 1 fully saturated rings. The van der Waals surface area contributed by atoms with Gasteiger partial charge in [-0.2, -0.15) is 0 Å². The molecule has 0 aliphatic carbocycles. The Hall–Kier alpha value is -1.06. The van der Waals surface area contributed by atoms with Crippen LogP contribution in [0.2, 0.25) is 0 Å². The van der Waals surface area contributed by atoms with Gasteiger partial charge in [-0.15, -0.1) is 0 Å². The summed E-state index contributed by atoms with van der Waals surface area (Å²) in [4.78, 5) is 0. The first-order chi connectivity index (χ1) is 9.58. The van der Waals surface area contributed by atoms with Crippen molar-refractivity contribution in [2.45, 2.75) is 57.7 Å². The monoisotopic (exact) mass is 277 g/mol. The largest absolute Gasteiger partial charge is 0.496 e. The van der Waals surface area contributed by atoms with Crippen molar-refractivity contribution in [3.63, 3.8) is 0 Å². The van der Waals surface area contributed by atoms with E-state index in [-0.39, 0.29) is 11.6 Å². The lowest BCUT2D eigenvalue weighted by Crippen LogP contribution is -2.45. The Kier molecular flexibility index (Phi) is 5.06. The maximum atomic E-state index is 5.91. The number of para-hydroxylation sites is 1. The minimum absolute atomic E-state index is 0.0242. The fourth-order valence-corrected chi connectivity index (χ4v) is 2.99. The number of methoxy groups -OCH3 is 1. The van der Waals surface area contributed by atoms with Crippen LogP contribution in [0.5, 0.6) is 5.75 Å². The van der Waals surface area contributed by atoms with Crippen LogP contribution in [0.25, 0.3) is 0 Å². The van der Waals surface area contributed by atoms with Crippen LogP contribution in [0.1, 0.15) is 51.6 Å². The molecule has 0 bridgehead atoms.